The molecule has 0 amide bonds. The highest BCUT2D eigenvalue weighted by Gasteiger charge is 2.23. The van der Waals surface area contributed by atoms with Crippen LogP contribution in [0.2, 0.25) is 0 Å². The van der Waals surface area contributed by atoms with Crippen molar-refractivity contribution in [3.8, 4) is 0 Å². The van der Waals surface area contributed by atoms with Crippen LogP contribution in [-0.4, -0.2) is 34.6 Å². The molecule has 2 aromatic heterocycles. The molecule has 0 unspecified atom stereocenters. The number of rotatable bonds is 7. The molecule has 0 bridgehead atoms. The van der Waals surface area contributed by atoms with Gasteiger partial charge in [-0.25, -0.2) is 23.1 Å². The molecule has 0 atom stereocenters. The first-order valence-electron chi connectivity index (χ1n) is 10.1. The Morgan fingerprint density at radius 1 is 1.17 bits per heavy atom. The molecule has 2 heterocycles. The van der Waals surface area contributed by atoms with Crippen LogP contribution in [0.3, 0.4) is 0 Å². The number of sulfonamides is 1. The summed E-state index contributed by atoms with van der Waals surface area (Å²) in [6, 6.07) is 8.79. The Labute approximate surface area is 176 Å². The molecule has 1 saturated carbocycles. The molecule has 8 nitrogen and oxygen atoms in total. The first kappa shape index (κ1) is 20.5. The van der Waals surface area contributed by atoms with Crippen LogP contribution in [0.25, 0.3) is 0 Å². The van der Waals surface area contributed by atoms with E-state index in [1.807, 2.05) is 19.9 Å². The number of nitrogens with one attached hydrogen (secondary N) is 3. The lowest BCUT2D eigenvalue weighted by Crippen LogP contribution is -2.32. The zero-order valence-electron chi connectivity index (χ0n) is 17.1. The van der Waals surface area contributed by atoms with Gasteiger partial charge in [0.25, 0.3) is 0 Å². The third-order valence-corrected chi connectivity index (χ3v) is 6.97. The van der Waals surface area contributed by atoms with Gasteiger partial charge in [0.2, 0.25) is 10.0 Å². The van der Waals surface area contributed by atoms with Crippen molar-refractivity contribution in [2.24, 2.45) is 0 Å². The minimum absolute atomic E-state index is 0.0406. The van der Waals surface area contributed by atoms with Crippen molar-refractivity contribution in [1.29, 1.82) is 0 Å². The summed E-state index contributed by atoms with van der Waals surface area (Å²) in [5.74, 6) is 1.97. The summed E-state index contributed by atoms with van der Waals surface area (Å²) in [7, 11) is -3.52. The lowest BCUT2D eigenvalue weighted by atomic mass is 10.1. The van der Waals surface area contributed by atoms with E-state index >= 15 is 0 Å². The van der Waals surface area contributed by atoms with Crippen LogP contribution in [0.1, 0.15) is 48.3 Å². The van der Waals surface area contributed by atoms with E-state index in [2.05, 4.69) is 30.2 Å². The number of H-pyrrole nitrogens is 1. The minimum Gasteiger partial charge on any atom is -0.323 e. The van der Waals surface area contributed by atoms with E-state index in [4.69, 9.17) is 0 Å². The first-order valence-corrected chi connectivity index (χ1v) is 11.6. The largest absolute Gasteiger partial charge is 0.323 e. The Morgan fingerprint density at radius 3 is 2.70 bits per heavy atom. The number of aromatic amines is 1. The van der Waals surface area contributed by atoms with Gasteiger partial charge in [0.15, 0.2) is 5.82 Å². The summed E-state index contributed by atoms with van der Waals surface area (Å²) in [6.07, 6.45) is 6.07. The highest BCUT2D eigenvalue weighted by molar-refractivity contribution is 7.89. The average Bonchev–Trinajstić information content (AvgIpc) is 3.33. The number of hydrogen-bond donors (Lipinski definition) is 3. The van der Waals surface area contributed by atoms with Gasteiger partial charge in [-0.1, -0.05) is 25.0 Å². The summed E-state index contributed by atoms with van der Waals surface area (Å²) >= 11 is 0. The van der Waals surface area contributed by atoms with Crippen molar-refractivity contribution in [2.75, 3.05) is 5.32 Å². The zero-order chi connectivity index (χ0) is 21.1. The molecular weight excluding hydrogens is 400 g/mol. The van der Waals surface area contributed by atoms with Gasteiger partial charge in [-0.3, -0.25) is 5.10 Å². The Balaban J connectivity index is 1.49. The Morgan fingerprint density at radius 2 is 1.97 bits per heavy atom. The van der Waals surface area contributed by atoms with Crippen LogP contribution >= 0.6 is 0 Å². The molecule has 1 aliphatic rings. The molecule has 158 valence electrons. The second kappa shape index (κ2) is 8.53. The number of benzene rings is 1. The molecule has 0 spiro atoms. The normalized spacial score (nSPS) is 14.9. The summed E-state index contributed by atoms with van der Waals surface area (Å²) in [5.41, 5.74) is 2.87. The highest BCUT2D eigenvalue weighted by atomic mass is 32.2. The summed E-state index contributed by atoms with van der Waals surface area (Å²) in [5, 5.41) is 10.4. The SMILES string of the molecule is Cc1[nH]nc(Nc2ccnc(Cc3cccc(S(=O)(=O)NC4CCCC4)c3)n2)c1C. The smallest absolute Gasteiger partial charge is 0.240 e. The Bertz CT molecular complexity index is 1140. The van der Waals surface area contributed by atoms with Crippen molar-refractivity contribution >= 4 is 21.7 Å². The number of hydrogen-bond acceptors (Lipinski definition) is 6. The van der Waals surface area contributed by atoms with Gasteiger partial charge >= 0.3 is 0 Å². The zero-order valence-corrected chi connectivity index (χ0v) is 18.0. The maximum absolute atomic E-state index is 12.7. The van der Waals surface area contributed by atoms with Crippen LogP contribution in [-0.2, 0) is 16.4 Å². The summed E-state index contributed by atoms with van der Waals surface area (Å²) in [6.45, 7) is 3.94. The number of nitrogens with zero attached hydrogens (tertiary/aromatic N) is 3. The van der Waals surface area contributed by atoms with Crippen LogP contribution < -0.4 is 10.0 Å². The second-order valence-electron chi connectivity index (χ2n) is 7.73. The second-order valence-corrected chi connectivity index (χ2v) is 9.45. The average molecular weight is 427 g/mol. The van der Waals surface area contributed by atoms with Crippen LogP contribution in [0.15, 0.2) is 41.4 Å². The van der Waals surface area contributed by atoms with Crippen LogP contribution in [0, 0.1) is 13.8 Å². The molecule has 0 radical (unpaired) electrons. The van der Waals surface area contributed by atoms with Gasteiger partial charge < -0.3 is 5.32 Å². The molecular formula is C21H26N6O2S. The quantitative estimate of drug-likeness (QED) is 0.534. The van der Waals surface area contributed by atoms with Gasteiger partial charge in [-0.2, -0.15) is 5.10 Å². The summed E-state index contributed by atoms with van der Waals surface area (Å²) < 4.78 is 28.3. The van der Waals surface area contributed by atoms with Crippen LogP contribution in [0.5, 0.6) is 0 Å². The Hall–Kier alpha value is -2.78. The van der Waals surface area contributed by atoms with E-state index < -0.39 is 10.0 Å². The van der Waals surface area contributed by atoms with Crippen molar-refractivity contribution in [2.45, 2.75) is 56.9 Å². The van der Waals surface area contributed by atoms with Gasteiger partial charge in [0.1, 0.15) is 11.6 Å². The number of anilines is 2. The van der Waals surface area contributed by atoms with E-state index in [1.54, 1.807) is 30.5 Å². The fraction of sp³-hybridized carbons (Fsp3) is 0.381. The monoisotopic (exact) mass is 426 g/mol. The van der Waals surface area contributed by atoms with E-state index in [9.17, 15) is 8.42 Å². The van der Waals surface area contributed by atoms with Gasteiger partial charge in [-0.15, -0.1) is 0 Å². The van der Waals surface area contributed by atoms with Crippen molar-refractivity contribution in [3.63, 3.8) is 0 Å². The molecule has 1 aliphatic carbocycles. The Kier molecular flexibility index (Phi) is 5.83. The van der Waals surface area contributed by atoms with Crippen molar-refractivity contribution < 1.29 is 8.42 Å². The van der Waals surface area contributed by atoms with Gasteiger partial charge in [0, 0.05) is 29.9 Å². The van der Waals surface area contributed by atoms with E-state index in [-0.39, 0.29) is 10.9 Å². The maximum atomic E-state index is 12.7. The highest BCUT2D eigenvalue weighted by Crippen LogP contribution is 2.22. The molecule has 30 heavy (non-hydrogen) atoms. The number of aromatic nitrogens is 4. The molecule has 0 aliphatic heterocycles. The van der Waals surface area contributed by atoms with E-state index in [0.29, 0.717) is 18.1 Å². The third-order valence-electron chi connectivity index (χ3n) is 5.45. The predicted molar refractivity (Wildman–Crippen MR) is 115 cm³/mol. The van der Waals surface area contributed by atoms with E-state index in [1.165, 1.54) is 0 Å². The molecule has 9 heteroatoms. The molecule has 4 rings (SSSR count). The van der Waals surface area contributed by atoms with Crippen molar-refractivity contribution in [3.05, 3.63) is 59.2 Å². The van der Waals surface area contributed by atoms with Crippen molar-refractivity contribution in [1.82, 2.24) is 24.9 Å². The fourth-order valence-electron chi connectivity index (χ4n) is 3.62. The fourth-order valence-corrected chi connectivity index (χ4v) is 4.99. The topological polar surface area (TPSA) is 113 Å². The molecule has 0 saturated heterocycles. The molecule has 3 N–H and O–H groups in total. The van der Waals surface area contributed by atoms with E-state index in [0.717, 1.165) is 48.3 Å². The standard InChI is InChI=1S/C21H26N6O2S/c1-14-15(2)25-26-21(14)24-19-10-11-22-20(23-19)13-16-6-5-9-18(12-16)30(28,29)27-17-7-3-4-8-17/h5-6,9-12,17,27H,3-4,7-8,13H2,1-2H3,(H2,22,23,24,25,26). The molecule has 1 fully saturated rings. The lowest BCUT2D eigenvalue weighted by molar-refractivity contribution is 0.552. The number of aryl methyl sites for hydroxylation is 1. The first-order chi connectivity index (χ1) is 14.4. The van der Waals surface area contributed by atoms with Gasteiger partial charge in [0.05, 0.1) is 4.90 Å². The molecule has 3 aromatic rings. The summed E-state index contributed by atoms with van der Waals surface area (Å²) in [4.78, 5) is 9.16. The minimum atomic E-state index is -3.52. The van der Waals surface area contributed by atoms with Crippen LogP contribution in [0.4, 0.5) is 11.6 Å². The lowest BCUT2D eigenvalue weighted by Gasteiger charge is -2.13. The molecule has 1 aromatic carbocycles. The maximum Gasteiger partial charge on any atom is 0.240 e. The predicted octanol–water partition coefficient (Wildman–Crippen LogP) is 3.37. The third kappa shape index (κ3) is 4.68. The van der Waals surface area contributed by atoms with Gasteiger partial charge in [-0.05, 0) is 50.5 Å².